The van der Waals surface area contributed by atoms with Crippen LogP contribution in [0.25, 0.3) is 17.0 Å². The van der Waals surface area contributed by atoms with Gasteiger partial charge < -0.3 is 14.4 Å². The number of ketones is 1. The highest BCUT2D eigenvalue weighted by molar-refractivity contribution is 6.30. The lowest BCUT2D eigenvalue weighted by atomic mass is 10.0. The molecular formula is C27H26ClF2N3O3. The van der Waals surface area contributed by atoms with Crippen LogP contribution in [0.15, 0.2) is 47.4 Å². The van der Waals surface area contributed by atoms with Crippen molar-refractivity contribution in [1.29, 1.82) is 0 Å². The zero-order valence-corrected chi connectivity index (χ0v) is 21.0. The Kier molecular flexibility index (Phi) is 7.26. The van der Waals surface area contributed by atoms with E-state index in [9.17, 15) is 14.4 Å². The lowest BCUT2D eigenvalue weighted by Crippen LogP contribution is -2.54. The number of benzene rings is 2. The number of fused-ring (bicyclic) bond motifs is 1. The second kappa shape index (κ2) is 10.2. The Morgan fingerprint density at radius 3 is 2.47 bits per heavy atom. The zero-order valence-electron chi connectivity index (χ0n) is 20.2. The molecule has 188 valence electrons. The molecule has 0 radical (unpaired) electrons. The SMILES string of the molecule is CCn1cc(C(=O)C=Cc2ccc(Cl)cc2)c(=O)c2cc(F)c(N3CCN(C(C)=O)C(C)C3)c(F)c21. The lowest BCUT2D eigenvalue weighted by molar-refractivity contribution is -0.131. The van der Waals surface area contributed by atoms with Gasteiger partial charge in [-0.2, -0.15) is 0 Å². The van der Waals surface area contributed by atoms with E-state index in [1.165, 1.54) is 23.8 Å². The molecule has 0 aliphatic carbocycles. The summed E-state index contributed by atoms with van der Waals surface area (Å²) >= 11 is 5.88. The average Bonchev–Trinajstić information content (AvgIpc) is 2.84. The van der Waals surface area contributed by atoms with Crippen LogP contribution < -0.4 is 10.3 Å². The van der Waals surface area contributed by atoms with Crippen LogP contribution in [-0.4, -0.2) is 46.8 Å². The fourth-order valence-electron chi connectivity index (χ4n) is 4.66. The molecule has 2 aromatic carbocycles. The third kappa shape index (κ3) is 4.78. The number of allylic oxidation sites excluding steroid dienone is 1. The monoisotopic (exact) mass is 513 g/mol. The van der Waals surface area contributed by atoms with E-state index in [0.29, 0.717) is 17.1 Å². The van der Waals surface area contributed by atoms with Crippen LogP contribution in [0.1, 0.15) is 36.7 Å². The van der Waals surface area contributed by atoms with Crippen LogP contribution >= 0.6 is 11.6 Å². The first-order valence-electron chi connectivity index (χ1n) is 11.7. The molecule has 1 aliphatic rings. The summed E-state index contributed by atoms with van der Waals surface area (Å²) < 4.78 is 32.6. The summed E-state index contributed by atoms with van der Waals surface area (Å²) in [6.07, 6.45) is 4.12. The summed E-state index contributed by atoms with van der Waals surface area (Å²) in [5, 5.41) is 0.356. The third-order valence-electron chi connectivity index (χ3n) is 6.48. The van der Waals surface area contributed by atoms with Gasteiger partial charge in [0.1, 0.15) is 11.5 Å². The standard InChI is InChI=1S/C27H26ClF2N3O3/c1-4-31-15-21(23(35)10-7-18-5-8-19(28)9-6-18)27(36)20-13-22(29)26(24(30)25(20)31)32-11-12-33(17(3)34)16(2)14-32/h5-10,13,15-16H,4,11-12,14H2,1-3H3. The number of hydrogen-bond donors (Lipinski definition) is 0. The summed E-state index contributed by atoms with van der Waals surface area (Å²) in [7, 11) is 0. The smallest absolute Gasteiger partial charge is 0.219 e. The number of aryl methyl sites for hydroxylation is 1. The molecule has 1 saturated heterocycles. The molecule has 0 N–H and O–H groups in total. The molecule has 2 heterocycles. The number of amides is 1. The van der Waals surface area contributed by atoms with E-state index in [0.717, 1.165) is 6.07 Å². The van der Waals surface area contributed by atoms with Gasteiger partial charge in [0.15, 0.2) is 11.6 Å². The van der Waals surface area contributed by atoms with Crippen molar-refractivity contribution in [2.45, 2.75) is 33.4 Å². The van der Waals surface area contributed by atoms with Crippen molar-refractivity contribution in [3.05, 3.63) is 80.6 Å². The molecule has 4 rings (SSSR count). The maximum Gasteiger partial charge on any atom is 0.219 e. The summed E-state index contributed by atoms with van der Waals surface area (Å²) in [6, 6.07) is 7.57. The maximum absolute atomic E-state index is 15.8. The van der Waals surface area contributed by atoms with E-state index in [2.05, 4.69) is 0 Å². The van der Waals surface area contributed by atoms with Crippen molar-refractivity contribution in [1.82, 2.24) is 9.47 Å². The van der Waals surface area contributed by atoms with Crippen LogP contribution in [-0.2, 0) is 11.3 Å². The zero-order chi connectivity index (χ0) is 26.1. The summed E-state index contributed by atoms with van der Waals surface area (Å²) in [4.78, 5) is 41.1. The van der Waals surface area contributed by atoms with Crippen LogP contribution in [0, 0.1) is 11.6 Å². The number of anilines is 1. The molecule has 1 fully saturated rings. The summed E-state index contributed by atoms with van der Waals surface area (Å²) in [5.74, 6) is -2.41. The molecule has 0 bridgehead atoms. The fourth-order valence-corrected chi connectivity index (χ4v) is 4.78. The number of hydrogen-bond acceptors (Lipinski definition) is 4. The Balaban J connectivity index is 1.76. The third-order valence-corrected chi connectivity index (χ3v) is 6.73. The second-order valence-electron chi connectivity index (χ2n) is 8.83. The molecule has 6 nitrogen and oxygen atoms in total. The number of halogens is 3. The molecule has 1 atom stereocenters. The molecule has 1 aromatic heterocycles. The van der Waals surface area contributed by atoms with E-state index < -0.39 is 22.8 Å². The first kappa shape index (κ1) is 25.6. The van der Waals surface area contributed by atoms with Gasteiger partial charge in [-0.15, -0.1) is 0 Å². The van der Waals surface area contributed by atoms with Crippen molar-refractivity contribution in [3.63, 3.8) is 0 Å². The van der Waals surface area contributed by atoms with Gasteiger partial charge in [-0.1, -0.05) is 29.8 Å². The van der Waals surface area contributed by atoms with Crippen LogP contribution in [0.2, 0.25) is 5.02 Å². The van der Waals surface area contributed by atoms with Crippen molar-refractivity contribution in [2.75, 3.05) is 24.5 Å². The van der Waals surface area contributed by atoms with Gasteiger partial charge in [0.05, 0.1) is 16.5 Å². The van der Waals surface area contributed by atoms with Gasteiger partial charge >= 0.3 is 0 Å². The van der Waals surface area contributed by atoms with Crippen molar-refractivity contribution in [2.24, 2.45) is 0 Å². The number of carbonyl (C=O) groups excluding carboxylic acids is 2. The first-order valence-corrected chi connectivity index (χ1v) is 12.1. The fraction of sp³-hybridized carbons (Fsp3) is 0.296. The molecule has 3 aromatic rings. The Morgan fingerprint density at radius 2 is 1.86 bits per heavy atom. The van der Waals surface area contributed by atoms with Crippen LogP contribution in [0.4, 0.5) is 14.5 Å². The van der Waals surface area contributed by atoms with Gasteiger partial charge in [0.2, 0.25) is 11.3 Å². The van der Waals surface area contributed by atoms with E-state index in [1.807, 2.05) is 6.92 Å². The van der Waals surface area contributed by atoms with Gasteiger partial charge in [-0.25, -0.2) is 8.78 Å². The summed E-state index contributed by atoms with van der Waals surface area (Å²) in [5.41, 5.74) is -0.491. The molecule has 0 saturated carbocycles. The minimum atomic E-state index is -0.885. The number of rotatable bonds is 5. The van der Waals surface area contributed by atoms with Crippen LogP contribution in [0.3, 0.4) is 0 Å². The highest BCUT2D eigenvalue weighted by Gasteiger charge is 2.30. The van der Waals surface area contributed by atoms with Gasteiger partial charge in [0.25, 0.3) is 0 Å². The highest BCUT2D eigenvalue weighted by atomic mass is 35.5. The normalized spacial score (nSPS) is 16.2. The summed E-state index contributed by atoms with van der Waals surface area (Å²) in [6.45, 7) is 6.13. The maximum atomic E-state index is 15.8. The number of nitrogens with zero attached hydrogens (tertiary/aromatic N) is 3. The van der Waals surface area contributed by atoms with E-state index in [-0.39, 0.29) is 53.7 Å². The minimum Gasteiger partial charge on any atom is -0.363 e. The second-order valence-corrected chi connectivity index (χ2v) is 9.27. The van der Waals surface area contributed by atoms with Gasteiger partial charge in [0, 0.05) is 50.4 Å². The molecular weight excluding hydrogens is 488 g/mol. The minimum absolute atomic E-state index is 0.0567. The topological polar surface area (TPSA) is 62.6 Å². The van der Waals surface area contributed by atoms with Gasteiger partial charge in [-0.05, 0) is 43.7 Å². The molecule has 0 spiro atoms. The van der Waals surface area contributed by atoms with Gasteiger partial charge in [-0.3, -0.25) is 14.4 Å². The average molecular weight is 514 g/mol. The predicted octanol–water partition coefficient (Wildman–Crippen LogP) is 4.91. The van der Waals surface area contributed by atoms with E-state index in [4.69, 9.17) is 11.6 Å². The molecule has 1 aliphatic heterocycles. The molecule has 36 heavy (non-hydrogen) atoms. The Morgan fingerprint density at radius 1 is 1.17 bits per heavy atom. The largest absolute Gasteiger partial charge is 0.363 e. The van der Waals surface area contributed by atoms with E-state index >= 15 is 8.78 Å². The number of carbonyl (C=O) groups is 2. The van der Waals surface area contributed by atoms with E-state index in [1.54, 1.807) is 47.1 Å². The Bertz CT molecular complexity index is 1430. The number of piperazine rings is 1. The molecule has 1 amide bonds. The van der Waals surface area contributed by atoms with Crippen molar-refractivity contribution in [3.8, 4) is 0 Å². The quantitative estimate of drug-likeness (QED) is 0.359. The number of aromatic nitrogens is 1. The number of pyridine rings is 1. The predicted molar refractivity (Wildman–Crippen MR) is 138 cm³/mol. The lowest BCUT2D eigenvalue weighted by Gasteiger charge is -2.40. The van der Waals surface area contributed by atoms with Crippen LogP contribution in [0.5, 0.6) is 0 Å². The molecule has 9 heteroatoms. The van der Waals surface area contributed by atoms with Crippen molar-refractivity contribution >= 4 is 46.0 Å². The van der Waals surface area contributed by atoms with Crippen molar-refractivity contribution < 1.29 is 18.4 Å². The Labute approximate surface area is 212 Å². The first-order chi connectivity index (χ1) is 17.1. The molecule has 1 unspecified atom stereocenters. The highest BCUT2D eigenvalue weighted by Crippen LogP contribution is 2.31. The Hall–Kier alpha value is -3.52.